The van der Waals surface area contributed by atoms with Crippen molar-refractivity contribution in [3.05, 3.63) is 58.7 Å². The lowest BCUT2D eigenvalue weighted by molar-refractivity contribution is -0.121. The molecule has 1 aromatic carbocycles. The van der Waals surface area contributed by atoms with Gasteiger partial charge in [-0.15, -0.1) is 0 Å². The van der Waals surface area contributed by atoms with E-state index in [1.54, 1.807) is 30.5 Å². The molecule has 0 spiro atoms. The topological polar surface area (TPSA) is 74.3 Å². The van der Waals surface area contributed by atoms with E-state index in [1.807, 2.05) is 31.1 Å². The van der Waals surface area contributed by atoms with Crippen LogP contribution in [0.1, 0.15) is 28.8 Å². The standard InChI is InChI=1S/C19H23ClN4O2/c1-24(2)17-12-14(9-11-21-17)13-23-18(25)4-3-10-22-19(26)15-5-7-16(20)8-6-15/h5-9,11-12H,3-4,10,13H2,1-2H3,(H,22,26)(H,23,25). The maximum atomic E-state index is 11.9. The van der Waals surface area contributed by atoms with Gasteiger partial charge in [0.15, 0.2) is 0 Å². The van der Waals surface area contributed by atoms with Gasteiger partial charge in [0.1, 0.15) is 5.82 Å². The molecule has 1 aromatic heterocycles. The van der Waals surface area contributed by atoms with E-state index in [2.05, 4.69) is 15.6 Å². The molecule has 0 aliphatic carbocycles. The summed E-state index contributed by atoms with van der Waals surface area (Å²) in [6.45, 7) is 0.897. The average Bonchev–Trinajstić information content (AvgIpc) is 2.64. The Morgan fingerprint density at radius 3 is 2.54 bits per heavy atom. The number of benzene rings is 1. The Labute approximate surface area is 158 Å². The van der Waals surface area contributed by atoms with Crippen LogP contribution in [-0.4, -0.2) is 37.4 Å². The van der Waals surface area contributed by atoms with Crippen LogP contribution >= 0.6 is 11.6 Å². The van der Waals surface area contributed by atoms with E-state index in [-0.39, 0.29) is 11.8 Å². The zero-order valence-corrected chi connectivity index (χ0v) is 15.7. The quantitative estimate of drug-likeness (QED) is 0.696. The van der Waals surface area contributed by atoms with Crippen LogP contribution in [0.3, 0.4) is 0 Å². The Morgan fingerprint density at radius 1 is 1.12 bits per heavy atom. The number of amides is 2. The molecule has 0 aliphatic heterocycles. The number of hydrogen-bond donors (Lipinski definition) is 2. The van der Waals surface area contributed by atoms with Crippen LogP contribution in [0.2, 0.25) is 5.02 Å². The molecule has 2 rings (SSSR count). The third kappa shape index (κ3) is 6.37. The molecule has 6 nitrogen and oxygen atoms in total. The number of carbonyl (C=O) groups excluding carboxylic acids is 2. The first-order chi connectivity index (χ1) is 12.5. The van der Waals surface area contributed by atoms with Crippen LogP contribution in [0.25, 0.3) is 0 Å². The van der Waals surface area contributed by atoms with Crippen LogP contribution < -0.4 is 15.5 Å². The molecule has 26 heavy (non-hydrogen) atoms. The van der Waals surface area contributed by atoms with Gasteiger partial charge in [0.05, 0.1) is 0 Å². The lowest BCUT2D eigenvalue weighted by Crippen LogP contribution is -2.27. The molecule has 7 heteroatoms. The SMILES string of the molecule is CN(C)c1cc(CNC(=O)CCCNC(=O)c2ccc(Cl)cc2)ccn1. The first-order valence-electron chi connectivity index (χ1n) is 8.38. The van der Waals surface area contributed by atoms with Gasteiger partial charge in [-0.05, 0) is 48.4 Å². The smallest absolute Gasteiger partial charge is 0.251 e. The van der Waals surface area contributed by atoms with Crippen LogP contribution in [0, 0.1) is 0 Å². The van der Waals surface area contributed by atoms with Crippen molar-refractivity contribution in [2.75, 3.05) is 25.5 Å². The van der Waals surface area contributed by atoms with Gasteiger partial charge in [-0.1, -0.05) is 11.6 Å². The molecule has 2 N–H and O–H groups in total. The van der Waals surface area contributed by atoms with E-state index in [0.717, 1.165) is 11.4 Å². The molecule has 138 valence electrons. The highest BCUT2D eigenvalue weighted by molar-refractivity contribution is 6.30. The summed E-state index contributed by atoms with van der Waals surface area (Å²) in [5, 5.41) is 6.26. The molecular formula is C19H23ClN4O2. The maximum absolute atomic E-state index is 11.9. The number of aromatic nitrogens is 1. The van der Waals surface area contributed by atoms with Crippen LogP contribution in [0.5, 0.6) is 0 Å². The third-order valence-corrected chi connectivity index (χ3v) is 3.98. The monoisotopic (exact) mass is 374 g/mol. The van der Waals surface area contributed by atoms with Crippen LogP contribution in [-0.2, 0) is 11.3 Å². The Balaban J connectivity index is 1.66. The molecule has 0 aliphatic rings. The zero-order valence-electron chi connectivity index (χ0n) is 15.0. The number of carbonyl (C=O) groups is 2. The van der Waals surface area contributed by atoms with E-state index in [1.165, 1.54) is 0 Å². The Kier molecular flexibility index (Phi) is 7.41. The molecule has 0 saturated heterocycles. The minimum absolute atomic E-state index is 0.0473. The zero-order chi connectivity index (χ0) is 18.9. The number of rotatable bonds is 8. The molecule has 0 atom stereocenters. The van der Waals surface area contributed by atoms with Gasteiger partial charge in [-0.3, -0.25) is 9.59 Å². The van der Waals surface area contributed by atoms with Crippen molar-refractivity contribution in [2.45, 2.75) is 19.4 Å². The number of pyridine rings is 1. The largest absolute Gasteiger partial charge is 0.363 e. The number of anilines is 1. The second kappa shape index (κ2) is 9.77. The minimum atomic E-state index is -0.171. The number of hydrogen-bond acceptors (Lipinski definition) is 4. The van der Waals surface area contributed by atoms with Gasteiger partial charge in [0.25, 0.3) is 5.91 Å². The Hall–Kier alpha value is -2.60. The predicted octanol–water partition coefficient (Wildman–Crippen LogP) is 2.63. The van der Waals surface area contributed by atoms with E-state index in [0.29, 0.717) is 36.5 Å². The van der Waals surface area contributed by atoms with Crippen molar-refractivity contribution < 1.29 is 9.59 Å². The molecule has 1 heterocycles. The van der Waals surface area contributed by atoms with Crippen molar-refractivity contribution in [3.63, 3.8) is 0 Å². The fraction of sp³-hybridized carbons (Fsp3) is 0.316. The Morgan fingerprint density at radius 2 is 1.85 bits per heavy atom. The van der Waals surface area contributed by atoms with Crippen molar-refractivity contribution in [3.8, 4) is 0 Å². The van der Waals surface area contributed by atoms with E-state index < -0.39 is 0 Å². The molecule has 0 fully saturated rings. The molecule has 0 radical (unpaired) electrons. The number of halogens is 1. The van der Waals surface area contributed by atoms with Gasteiger partial charge in [0, 0.05) is 50.4 Å². The van der Waals surface area contributed by atoms with Crippen molar-refractivity contribution >= 4 is 29.2 Å². The molecule has 0 saturated carbocycles. The first kappa shape index (κ1) is 19.7. The summed E-state index contributed by atoms with van der Waals surface area (Å²) in [7, 11) is 3.84. The molecule has 2 amide bonds. The summed E-state index contributed by atoms with van der Waals surface area (Å²) in [5.74, 6) is 0.630. The molecule has 0 bridgehead atoms. The number of nitrogens with one attached hydrogen (secondary N) is 2. The summed E-state index contributed by atoms with van der Waals surface area (Å²) < 4.78 is 0. The normalized spacial score (nSPS) is 10.3. The predicted molar refractivity (Wildman–Crippen MR) is 103 cm³/mol. The van der Waals surface area contributed by atoms with Crippen molar-refractivity contribution in [1.29, 1.82) is 0 Å². The highest BCUT2D eigenvalue weighted by Crippen LogP contribution is 2.10. The molecule has 0 unspecified atom stereocenters. The van der Waals surface area contributed by atoms with Gasteiger partial charge >= 0.3 is 0 Å². The van der Waals surface area contributed by atoms with Crippen molar-refractivity contribution in [2.24, 2.45) is 0 Å². The highest BCUT2D eigenvalue weighted by atomic mass is 35.5. The van der Waals surface area contributed by atoms with Crippen LogP contribution in [0.4, 0.5) is 5.82 Å². The second-order valence-corrected chi connectivity index (χ2v) is 6.50. The van der Waals surface area contributed by atoms with Crippen molar-refractivity contribution in [1.82, 2.24) is 15.6 Å². The van der Waals surface area contributed by atoms with Gasteiger partial charge in [0.2, 0.25) is 5.91 Å². The highest BCUT2D eigenvalue weighted by Gasteiger charge is 2.06. The fourth-order valence-corrected chi connectivity index (χ4v) is 2.38. The fourth-order valence-electron chi connectivity index (χ4n) is 2.26. The van der Waals surface area contributed by atoms with Crippen LogP contribution in [0.15, 0.2) is 42.6 Å². The summed E-state index contributed by atoms with van der Waals surface area (Å²) in [6.07, 6.45) is 2.65. The van der Waals surface area contributed by atoms with Gasteiger partial charge in [-0.2, -0.15) is 0 Å². The minimum Gasteiger partial charge on any atom is -0.363 e. The maximum Gasteiger partial charge on any atom is 0.251 e. The summed E-state index contributed by atoms with van der Waals surface area (Å²) in [5.41, 5.74) is 1.54. The molecule has 2 aromatic rings. The van der Waals surface area contributed by atoms with E-state index >= 15 is 0 Å². The Bertz CT molecular complexity index is 747. The van der Waals surface area contributed by atoms with Gasteiger partial charge < -0.3 is 15.5 Å². The summed E-state index contributed by atoms with van der Waals surface area (Å²) in [4.78, 5) is 30.0. The molecular weight excluding hydrogens is 352 g/mol. The van der Waals surface area contributed by atoms with E-state index in [4.69, 9.17) is 11.6 Å². The van der Waals surface area contributed by atoms with E-state index in [9.17, 15) is 9.59 Å². The summed E-state index contributed by atoms with van der Waals surface area (Å²) in [6, 6.07) is 10.5. The number of nitrogens with zero attached hydrogens (tertiary/aromatic N) is 2. The lowest BCUT2D eigenvalue weighted by atomic mass is 10.2. The van der Waals surface area contributed by atoms with Gasteiger partial charge in [-0.25, -0.2) is 4.98 Å². The average molecular weight is 375 g/mol. The third-order valence-electron chi connectivity index (χ3n) is 3.73. The second-order valence-electron chi connectivity index (χ2n) is 6.06. The lowest BCUT2D eigenvalue weighted by Gasteiger charge is -2.12. The summed E-state index contributed by atoms with van der Waals surface area (Å²) >= 11 is 5.79. The first-order valence-corrected chi connectivity index (χ1v) is 8.76.